The number of carbonyl (C=O) groups excluding carboxylic acids is 1. The fourth-order valence-corrected chi connectivity index (χ4v) is 4.92. The zero-order valence-corrected chi connectivity index (χ0v) is 19.4. The van der Waals surface area contributed by atoms with Gasteiger partial charge in [-0.2, -0.15) is 0 Å². The molecule has 0 spiro atoms. The van der Waals surface area contributed by atoms with Gasteiger partial charge in [-0.1, -0.05) is 6.07 Å². The van der Waals surface area contributed by atoms with Crippen LogP contribution in [0.3, 0.4) is 0 Å². The van der Waals surface area contributed by atoms with Crippen molar-refractivity contribution in [1.29, 1.82) is 0 Å². The predicted octanol–water partition coefficient (Wildman–Crippen LogP) is 3.67. The van der Waals surface area contributed by atoms with Gasteiger partial charge in [0.05, 0.1) is 17.1 Å². The Balaban J connectivity index is 1.48. The van der Waals surface area contributed by atoms with Gasteiger partial charge in [0.1, 0.15) is 29.2 Å². The first-order valence-corrected chi connectivity index (χ1v) is 11.6. The van der Waals surface area contributed by atoms with Crippen LogP contribution < -0.4 is 5.32 Å². The van der Waals surface area contributed by atoms with Gasteiger partial charge in [-0.05, 0) is 51.3 Å². The normalized spacial score (nSPS) is 21.4. The molecular weight excluding hydrogens is 430 g/mol. The van der Waals surface area contributed by atoms with Crippen LogP contribution in [0.2, 0.25) is 0 Å². The quantitative estimate of drug-likeness (QED) is 0.489. The molecule has 2 atom stereocenters. The number of ether oxygens (including phenoxy) is 1. The van der Waals surface area contributed by atoms with E-state index in [9.17, 15) is 4.79 Å². The van der Waals surface area contributed by atoms with Gasteiger partial charge in [0.25, 0.3) is 0 Å². The number of imidazole rings is 1. The van der Waals surface area contributed by atoms with Crippen LogP contribution in [0.4, 0.5) is 5.69 Å². The van der Waals surface area contributed by atoms with Crippen LogP contribution >= 0.6 is 0 Å². The Morgan fingerprint density at radius 3 is 2.68 bits per heavy atom. The lowest BCUT2D eigenvalue weighted by molar-refractivity contribution is -0.124. The number of nitrogens with zero attached hydrogens (tertiary/aromatic N) is 6. The minimum atomic E-state index is -0.643. The Bertz CT molecular complexity index is 1430. The van der Waals surface area contributed by atoms with Crippen LogP contribution in [-0.2, 0) is 21.5 Å². The van der Waals surface area contributed by atoms with E-state index >= 15 is 0 Å². The molecule has 34 heavy (non-hydrogen) atoms. The van der Waals surface area contributed by atoms with Gasteiger partial charge >= 0.3 is 0 Å². The second kappa shape index (κ2) is 7.66. The lowest BCUT2D eigenvalue weighted by Crippen LogP contribution is -2.39. The van der Waals surface area contributed by atoms with E-state index in [-0.39, 0.29) is 12.0 Å². The number of benzene rings is 1. The van der Waals surface area contributed by atoms with Crippen LogP contribution in [-0.4, -0.2) is 48.1 Å². The largest absolute Gasteiger partial charge is 0.378 e. The number of fused-ring (bicyclic) bond motifs is 2. The SMILES string of the molecule is CCn1c(-c2cnc(C)nc2)nc2c(-c3ccc4c(c3)[C@@](C)(CC3CCO3)C(=O)N4)ncnc21. The summed E-state index contributed by atoms with van der Waals surface area (Å²) in [6.07, 6.45) is 6.91. The van der Waals surface area contributed by atoms with Crippen LogP contribution in [0, 0.1) is 6.92 Å². The molecule has 4 aromatic rings. The van der Waals surface area contributed by atoms with E-state index in [0.29, 0.717) is 24.3 Å². The molecule has 1 unspecified atom stereocenters. The molecule has 0 bridgehead atoms. The van der Waals surface area contributed by atoms with Gasteiger partial charge in [-0.3, -0.25) is 4.79 Å². The molecule has 0 radical (unpaired) electrons. The first-order valence-electron chi connectivity index (χ1n) is 11.6. The molecule has 1 amide bonds. The van der Waals surface area contributed by atoms with Gasteiger partial charge in [-0.25, -0.2) is 24.9 Å². The highest BCUT2D eigenvalue weighted by molar-refractivity contribution is 6.06. The lowest BCUT2D eigenvalue weighted by Gasteiger charge is -2.33. The summed E-state index contributed by atoms with van der Waals surface area (Å²) in [5.74, 6) is 1.48. The van der Waals surface area contributed by atoms with Crippen LogP contribution in [0.25, 0.3) is 33.8 Å². The maximum absolute atomic E-state index is 12.9. The summed E-state index contributed by atoms with van der Waals surface area (Å²) in [4.78, 5) is 35.7. The number of anilines is 1. The topological polar surface area (TPSA) is 108 Å². The molecular formula is C25H25N7O2. The van der Waals surface area contributed by atoms with E-state index in [2.05, 4.69) is 38.2 Å². The molecule has 6 rings (SSSR count). The number of rotatable bonds is 5. The summed E-state index contributed by atoms with van der Waals surface area (Å²) >= 11 is 0. The summed E-state index contributed by atoms with van der Waals surface area (Å²) in [5.41, 5.74) is 5.09. The van der Waals surface area contributed by atoms with Gasteiger partial charge in [0.2, 0.25) is 5.91 Å². The third kappa shape index (κ3) is 3.11. The number of hydrogen-bond donors (Lipinski definition) is 1. The summed E-state index contributed by atoms with van der Waals surface area (Å²) in [6, 6.07) is 5.99. The molecule has 172 valence electrons. The molecule has 0 saturated carbocycles. The molecule has 9 heteroatoms. The van der Waals surface area contributed by atoms with Crippen molar-refractivity contribution in [2.45, 2.75) is 51.7 Å². The number of aromatic nitrogens is 6. The average Bonchev–Trinajstić information content (AvgIpc) is 3.31. The van der Waals surface area contributed by atoms with Crippen molar-refractivity contribution in [3.8, 4) is 22.6 Å². The second-order valence-electron chi connectivity index (χ2n) is 9.13. The van der Waals surface area contributed by atoms with Crippen LogP contribution in [0.15, 0.2) is 36.9 Å². The van der Waals surface area contributed by atoms with Crippen molar-refractivity contribution in [1.82, 2.24) is 29.5 Å². The van der Waals surface area contributed by atoms with Crippen molar-refractivity contribution in [2.24, 2.45) is 0 Å². The fraction of sp³-hybridized carbons (Fsp3) is 0.360. The van der Waals surface area contributed by atoms with Crippen LogP contribution in [0.1, 0.15) is 38.1 Å². The first kappa shape index (κ1) is 20.9. The number of aryl methyl sites for hydroxylation is 2. The zero-order chi connectivity index (χ0) is 23.4. The number of carbonyl (C=O) groups is 1. The maximum atomic E-state index is 12.9. The van der Waals surface area contributed by atoms with Crippen molar-refractivity contribution in [3.63, 3.8) is 0 Å². The van der Waals surface area contributed by atoms with Gasteiger partial charge < -0.3 is 14.6 Å². The lowest BCUT2D eigenvalue weighted by atomic mass is 9.77. The number of amides is 1. The van der Waals surface area contributed by atoms with E-state index in [1.54, 1.807) is 18.7 Å². The van der Waals surface area contributed by atoms with Gasteiger partial charge in [0.15, 0.2) is 5.65 Å². The van der Waals surface area contributed by atoms with E-state index in [1.165, 1.54) is 0 Å². The standard InChI is InChI=1S/C25H25N7O2/c1-4-32-22(16-11-26-14(2)27-12-16)31-21-20(28-13-29-23(21)32)15-5-6-19-18(9-15)25(3,24(33)30-19)10-17-7-8-34-17/h5-6,9,11-13,17H,4,7-8,10H2,1-3H3,(H,30,33)/t17?,25-/m1/s1. The highest BCUT2D eigenvalue weighted by atomic mass is 16.5. The van der Waals surface area contributed by atoms with E-state index in [0.717, 1.165) is 52.6 Å². The Morgan fingerprint density at radius 2 is 1.97 bits per heavy atom. The molecule has 3 aromatic heterocycles. The molecule has 2 aliphatic heterocycles. The minimum Gasteiger partial charge on any atom is -0.378 e. The molecule has 5 heterocycles. The minimum absolute atomic E-state index is 0.0138. The van der Waals surface area contributed by atoms with Gasteiger partial charge in [-0.15, -0.1) is 0 Å². The molecule has 1 N–H and O–H groups in total. The number of nitrogens with one attached hydrogen (secondary N) is 1. The fourth-order valence-electron chi connectivity index (χ4n) is 4.92. The molecule has 1 aromatic carbocycles. The third-order valence-corrected chi connectivity index (χ3v) is 6.95. The molecule has 2 aliphatic rings. The Morgan fingerprint density at radius 1 is 1.18 bits per heavy atom. The molecule has 0 aliphatic carbocycles. The molecule has 9 nitrogen and oxygen atoms in total. The Labute approximate surface area is 196 Å². The van der Waals surface area contributed by atoms with E-state index in [1.807, 2.05) is 30.5 Å². The summed E-state index contributed by atoms with van der Waals surface area (Å²) in [5, 5.41) is 3.04. The third-order valence-electron chi connectivity index (χ3n) is 6.95. The Kier molecular flexibility index (Phi) is 4.70. The summed E-state index contributed by atoms with van der Waals surface area (Å²) < 4.78 is 7.69. The van der Waals surface area contributed by atoms with Crippen molar-refractivity contribution < 1.29 is 9.53 Å². The highest BCUT2D eigenvalue weighted by Crippen LogP contribution is 2.44. The van der Waals surface area contributed by atoms with Crippen molar-refractivity contribution >= 4 is 22.8 Å². The van der Waals surface area contributed by atoms with E-state index in [4.69, 9.17) is 9.72 Å². The smallest absolute Gasteiger partial charge is 0.234 e. The highest BCUT2D eigenvalue weighted by Gasteiger charge is 2.45. The first-order chi connectivity index (χ1) is 16.5. The second-order valence-corrected chi connectivity index (χ2v) is 9.13. The van der Waals surface area contributed by atoms with E-state index < -0.39 is 5.41 Å². The van der Waals surface area contributed by atoms with Crippen molar-refractivity contribution in [2.75, 3.05) is 11.9 Å². The number of hydrogen-bond acceptors (Lipinski definition) is 7. The maximum Gasteiger partial charge on any atom is 0.234 e. The molecule has 1 saturated heterocycles. The monoisotopic (exact) mass is 455 g/mol. The summed E-state index contributed by atoms with van der Waals surface area (Å²) in [7, 11) is 0. The Hall–Kier alpha value is -3.72. The average molecular weight is 456 g/mol. The molecule has 1 fully saturated rings. The summed E-state index contributed by atoms with van der Waals surface area (Å²) in [6.45, 7) is 7.37. The van der Waals surface area contributed by atoms with Gasteiger partial charge in [0, 0.05) is 36.8 Å². The van der Waals surface area contributed by atoms with Crippen LogP contribution in [0.5, 0.6) is 0 Å². The van der Waals surface area contributed by atoms with Crippen molar-refractivity contribution in [3.05, 3.63) is 48.3 Å². The zero-order valence-electron chi connectivity index (χ0n) is 19.4. The predicted molar refractivity (Wildman–Crippen MR) is 127 cm³/mol.